The summed E-state index contributed by atoms with van der Waals surface area (Å²) in [4.78, 5) is 16.7. The lowest BCUT2D eigenvalue weighted by Gasteiger charge is -2.23. The van der Waals surface area contributed by atoms with E-state index in [-0.39, 0.29) is 12.3 Å². The van der Waals surface area contributed by atoms with Crippen LogP contribution >= 0.6 is 11.6 Å². The van der Waals surface area contributed by atoms with Gasteiger partial charge >= 0.3 is 0 Å². The van der Waals surface area contributed by atoms with E-state index in [0.717, 1.165) is 24.2 Å². The van der Waals surface area contributed by atoms with Crippen LogP contribution in [0.2, 0.25) is 5.02 Å². The van der Waals surface area contributed by atoms with E-state index < -0.39 is 0 Å². The van der Waals surface area contributed by atoms with Crippen LogP contribution in [-0.2, 0) is 11.2 Å². The van der Waals surface area contributed by atoms with Crippen molar-refractivity contribution in [3.05, 3.63) is 47.4 Å². The number of carbonyl (C=O) groups is 1. The van der Waals surface area contributed by atoms with Crippen molar-refractivity contribution in [1.82, 2.24) is 19.9 Å². The van der Waals surface area contributed by atoms with E-state index >= 15 is 0 Å². The predicted molar refractivity (Wildman–Crippen MR) is 106 cm³/mol. The summed E-state index contributed by atoms with van der Waals surface area (Å²) in [5.74, 6) is 1.58. The Hall–Kier alpha value is -2.67. The van der Waals surface area contributed by atoms with Gasteiger partial charge in [-0.3, -0.25) is 4.79 Å². The summed E-state index contributed by atoms with van der Waals surface area (Å²) < 4.78 is 7.21. The molecule has 146 valence electrons. The summed E-state index contributed by atoms with van der Waals surface area (Å²) in [7, 11) is 0. The highest BCUT2D eigenvalue weighted by Gasteiger charge is 2.19. The van der Waals surface area contributed by atoms with Crippen LogP contribution in [0.4, 0.5) is 5.82 Å². The number of hydrogen-bond donors (Lipinski definition) is 1. The van der Waals surface area contributed by atoms with Gasteiger partial charge in [0.25, 0.3) is 0 Å². The number of nitrogens with one attached hydrogen (secondary N) is 1. The second-order valence-corrected chi connectivity index (χ2v) is 7.46. The van der Waals surface area contributed by atoms with E-state index in [9.17, 15) is 4.79 Å². The lowest BCUT2D eigenvalue weighted by atomic mass is 9.96. The molecule has 1 amide bonds. The van der Waals surface area contributed by atoms with Crippen molar-refractivity contribution in [2.75, 3.05) is 5.32 Å². The molecule has 0 bridgehead atoms. The number of halogens is 1. The molecule has 7 nitrogen and oxygen atoms in total. The van der Waals surface area contributed by atoms with E-state index in [2.05, 4.69) is 20.6 Å². The van der Waals surface area contributed by atoms with Crippen molar-refractivity contribution in [2.45, 2.75) is 51.0 Å². The zero-order valence-corrected chi connectivity index (χ0v) is 16.2. The van der Waals surface area contributed by atoms with Gasteiger partial charge in [-0.05, 0) is 37.1 Å². The first-order chi connectivity index (χ1) is 13.7. The average molecular weight is 400 g/mol. The Balaban J connectivity index is 1.33. The molecule has 1 aromatic carbocycles. The number of anilines is 1. The van der Waals surface area contributed by atoms with Crippen LogP contribution in [0.1, 0.15) is 50.5 Å². The van der Waals surface area contributed by atoms with Gasteiger partial charge < -0.3 is 9.84 Å². The van der Waals surface area contributed by atoms with Gasteiger partial charge in [0.15, 0.2) is 0 Å². The Morgan fingerprint density at radius 2 is 1.96 bits per heavy atom. The Kier molecular flexibility index (Phi) is 5.71. The van der Waals surface area contributed by atoms with Crippen LogP contribution in [0, 0.1) is 0 Å². The predicted octanol–water partition coefficient (Wildman–Crippen LogP) is 4.66. The number of aryl methyl sites for hydroxylation is 1. The van der Waals surface area contributed by atoms with E-state index in [0.29, 0.717) is 29.2 Å². The molecule has 8 heteroatoms. The first-order valence-corrected chi connectivity index (χ1v) is 9.99. The molecule has 0 saturated heterocycles. The Labute approximate surface area is 168 Å². The Morgan fingerprint density at radius 1 is 1.18 bits per heavy atom. The quantitative estimate of drug-likeness (QED) is 0.651. The molecule has 3 aromatic rings. The third-order valence-corrected chi connectivity index (χ3v) is 5.25. The number of benzene rings is 1. The largest absolute Gasteiger partial charge is 0.339 e. The molecule has 0 atom stereocenters. The summed E-state index contributed by atoms with van der Waals surface area (Å²) in [5, 5.41) is 12.0. The Morgan fingerprint density at radius 3 is 2.75 bits per heavy atom. The third kappa shape index (κ3) is 4.42. The molecule has 1 aliphatic carbocycles. The molecule has 2 heterocycles. The molecule has 1 N–H and O–H groups in total. The fourth-order valence-corrected chi connectivity index (χ4v) is 3.65. The smallest absolute Gasteiger partial charge is 0.227 e. The van der Waals surface area contributed by atoms with Gasteiger partial charge in [0.1, 0.15) is 5.82 Å². The molecular formula is C20H22ClN5O2. The zero-order chi connectivity index (χ0) is 19.3. The molecule has 2 aromatic heterocycles. The number of carbonyl (C=O) groups excluding carboxylic acids is 1. The van der Waals surface area contributed by atoms with Gasteiger partial charge in [-0.15, -0.1) is 0 Å². The molecule has 0 radical (unpaired) electrons. The number of aromatic nitrogens is 4. The number of rotatable bonds is 6. The van der Waals surface area contributed by atoms with Crippen LogP contribution in [0.25, 0.3) is 11.4 Å². The molecule has 0 spiro atoms. The van der Waals surface area contributed by atoms with Crippen LogP contribution in [-0.4, -0.2) is 25.8 Å². The van der Waals surface area contributed by atoms with Crippen molar-refractivity contribution in [1.29, 1.82) is 0 Å². The van der Waals surface area contributed by atoms with Crippen LogP contribution < -0.4 is 5.32 Å². The zero-order valence-electron chi connectivity index (χ0n) is 15.5. The molecule has 0 unspecified atom stereocenters. The maximum absolute atomic E-state index is 12.4. The fourth-order valence-electron chi connectivity index (χ4n) is 3.53. The average Bonchev–Trinajstić information content (AvgIpc) is 3.37. The SMILES string of the molecule is O=C(CCc1nc(-c2ccc(Cl)cc2)no1)Nc1ccnn1C1CCCCC1. The van der Waals surface area contributed by atoms with Crippen LogP contribution in [0.15, 0.2) is 41.1 Å². The summed E-state index contributed by atoms with van der Waals surface area (Å²) >= 11 is 5.89. The van der Waals surface area contributed by atoms with Gasteiger partial charge in [-0.25, -0.2) is 4.68 Å². The monoisotopic (exact) mass is 399 g/mol. The Bertz CT molecular complexity index is 928. The standard InChI is InChI=1S/C20H22ClN5O2/c21-15-8-6-14(7-9-15)20-24-19(28-25-20)11-10-18(27)23-17-12-13-22-26(17)16-4-2-1-3-5-16/h6-9,12-13,16H,1-5,10-11H2,(H,23,27). The van der Waals surface area contributed by atoms with Crippen LogP contribution in [0.5, 0.6) is 0 Å². The second-order valence-electron chi connectivity index (χ2n) is 7.02. The van der Waals surface area contributed by atoms with E-state index in [4.69, 9.17) is 16.1 Å². The van der Waals surface area contributed by atoms with Crippen molar-refractivity contribution < 1.29 is 9.32 Å². The summed E-state index contributed by atoms with van der Waals surface area (Å²) in [5.41, 5.74) is 0.820. The lowest BCUT2D eigenvalue weighted by Crippen LogP contribution is -2.20. The van der Waals surface area contributed by atoms with Gasteiger partial charge in [0.05, 0.1) is 12.2 Å². The number of amides is 1. The minimum Gasteiger partial charge on any atom is -0.339 e. The molecule has 28 heavy (non-hydrogen) atoms. The van der Waals surface area contributed by atoms with Gasteiger partial charge in [-0.1, -0.05) is 36.0 Å². The van der Waals surface area contributed by atoms with Crippen molar-refractivity contribution in [2.24, 2.45) is 0 Å². The first-order valence-electron chi connectivity index (χ1n) is 9.61. The first kappa shape index (κ1) is 18.7. The second kappa shape index (κ2) is 8.56. The topological polar surface area (TPSA) is 85.8 Å². The molecular weight excluding hydrogens is 378 g/mol. The van der Waals surface area contributed by atoms with E-state index in [1.807, 2.05) is 22.9 Å². The van der Waals surface area contributed by atoms with Crippen LogP contribution in [0.3, 0.4) is 0 Å². The minimum atomic E-state index is -0.0937. The summed E-state index contributed by atoms with van der Waals surface area (Å²) in [6.45, 7) is 0. The fraction of sp³-hybridized carbons (Fsp3) is 0.400. The van der Waals surface area contributed by atoms with Gasteiger partial charge in [-0.2, -0.15) is 10.1 Å². The third-order valence-electron chi connectivity index (χ3n) is 4.99. The molecule has 1 saturated carbocycles. The van der Waals surface area contributed by atoms with Gasteiger partial charge in [0, 0.05) is 29.5 Å². The van der Waals surface area contributed by atoms with E-state index in [1.165, 1.54) is 19.3 Å². The maximum atomic E-state index is 12.4. The summed E-state index contributed by atoms with van der Waals surface area (Å²) in [6, 6.07) is 9.42. The van der Waals surface area contributed by atoms with Crippen molar-refractivity contribution in [3.8, 4) is 11.4 Å². The normalized spacial score (nSPS) is 14.9. The number of nitrogens with zero attached hydrogens (tertiary/aromatic N) is 4. The molecule has 1 fully saturated rings. The molecule has 1 aliphatic rings. The lowest BCUT2D eigenvalue weighted by molar-refractivity contribution is -0.116. The minimum absolute atomic E-state index is 0.0937. The highest BCUT2D eigenvalue weighted by atomic mass is 35.5. The van der Waals surface area contributed by atoms with Crippen molar-refractivity contribution in [3.63, 3.8) is 0 Å². The van der Waals surface area contributed by atoms with Gasteiger partial charge in [0.2, 0.25) is 17.6 Å². The highest BCUT2D eigenvalue weighted by molar-refractivity contribution is 6.30. The number of hydrogen-bond acceptors (Lipinski definition) is 5. The van der Waals surface area contributed by atoms with E-state index in [1.54, 1.807) is 18.3 Å². The highest BCUT2D eigenvalue weighted by Crippen LogP contribution is 2.30. The summed E-state index contributed by atoms with van der Waals surface area (Å²) in [6.07, 6.45) is 8.31. The molecule has 0 aliphatic heterocycles. The maximum Gasteiger partial charge on any atom is 0.227 e. The molecule has 4 rings (SSSR count). The van der Waals surface area contributed by atoms with Crippen molar-refractivity contribution >= 4 is 23.3 Å².